The predicted octanol–water partition coefficient (Wildman–Crippen LogP) is 1.20. The van der Waals surface area contributed by atoms with Crippen molar-refractivity contribution in [2.45, 2.75) is 12.5 Å². The lowest BCUT2D eigenvalue weighted by Gasteiger charge is -2.15. The first-order chi connectivity index (χ1) is 7.00. The number of carboxylic acids is 1. The van der Waals surface area contributed by atoms with Crippen molar-refractivity contribution in [1.82, 2.24) is 5.12 Å². The second kappa shape index (κ2) is 4.75. The van der Waals surface area contributed by atoms with Crippen LogP contribution in [0.2, 0.25) is 0 Å². The molecule has 1 atom stereocenters. The Labute approximate surface area is 86.5 Å². The first-order valence-electron chi connectivity index (χ1n) is 4.40. The van der Waals surface area contributed by atoms with Gasteiger partial charge in [-0.05, 0) is 17.7 Å². The van der Waals surface area contributed by atoms with Gasteiger partial charge in [0, 0.05) is 13.5 Å². The lowest BCUT2D eigenvalue weighted by atomic mass is 10.1. The zero-order valence-electron chi connectivity index (χ0n) is 8.22. The highest BCUT2D eigenvalue weighted by molar-refractivity contribution is 5.73. The number of rotatable bonds is 4. The SMILES string of the molecule is CN(F)C(Cc1ccc(O)cc1)C(=O)O. The van der Waals surface area contributed by atoms with E-state index in [1.807, 2.05) is 0 Å². The van der Waals surface area contributed by atoms with E-state index < -0.39 is 12.0 Å². The fourth-order valence-electron chi connectivity index (χ4n) is 1.22. The van der Waals surface area contributed by atoms with Gasteiger partial charge in [-0.3, -0.25) is 4.79 Å². The van der Waals surface area contributed by atoms with Crippen LogP contribution in [0.1, 0.15) is 5.56 Å². The van der Waals surface area contributed by atoms with Gasteiger partial charge in [0.05, 0.1) is 0 Å². The Balaban J connectivity index is 2.74. The molecule has 1 rings (SSSR count). The van der Waals surface area contributed by atoms with Crippen LogP contribution in [-0.4, -0.2) is 34.4 Å². The lowest BCUT2D eigenvalue weighted by molar-refractivity contribution is -0.149. The highest BCUT2D eigenvalue weighted by Gasteiger charge is 2.22. The number of carboxylic acid groups (broad SMARTS) is 1. The van der Waals surface area contributed by atoms with Crippen LogP contribution in [-0.2, 0) is 11.2 Å². The molecule has 0 aliphatic carbocycles. The van der Waals surface area contributed by atoms with E-state index in [1.165, 1.54) is 12.1 Å². The molecule has 0 saturated carbocycles. The largest absolute Gasteiger partial charge is 0.508 e. The standard InChI is InChI=1S/C10H12FNO3/c1-12(11)9(10(14)15)6-7-2-4-8(13)5-3-7/h2-5,9,13H,6H2,1H3,(H,14,15). The van der Waals surface area contributed by atoms with Gasteiger partial charge in [0.2, 0.25) is 0 Å². The molecule has 0 aliphatic rings. The van der Waals surface area contributed by atoms with Crippen LogP contribution in [0.15, 0.2) is 24.3 Å². The number of hydrogen-bond donors (Lipinski definition) is 2. The van der Waals surface area contributed by atoms with Crippen molar-refractivity contribution in [2.24, 2.45) is 0 Å². The normalized spacial score (nSPS) is 12.7. The minimum Gasteiger partial charge on any atom is -0.508 e. The Morgan fingerprint density at radius 2 is 2.00 bits per heavy atom. The maximum Gasteiger partial charge on any atom is 0.323 e. The number of hydrogen-bond acceptors (Lipinski definition) is 3. The number of phenols is 1. The fourth-order valence-corrected chi connectivity index (χ4v) is 1.22. The van der Waals surface area contributed by atoms with Gasteiger partial charge >= 0.3 is 5.97 Å². The number of aromatic hydroxyl groups is 1. The van der Waals surface area contributed by atoms with E-state index in [0.717, 1.165) is 7.05 Å². The number of nitrogens with zero attached hydrogens (tertiary/aromatic N) is 1. The molecule has 0 spiro atoms. The minimum absolute atomic E-state index is 0.0581. The average Bonchev–Trinajstić information content (AvgIpc) is 2.15. The molecule has 0 fully saturated rings. The van der Waals surface area contributed by atoms with Gasteiger partial charge < -0.3 is 10.2 Å². The van der Waals surface area contributed by atoms with Crippen LogP contribution in [0.25, 0.3) is 0 Å². The van der Waals surface area contributed by atoms with E-state index >= 15 is 0 Å². The Bertz CT molecular complexity index is 337. The topological polar surface area (TPSA) is 60.8 Å². The van der Waals surface area contributed by atoms with Crippen molar-refractivity contribution in [3.8, 4) is 5.75 Å². The van der Waals surface area contributed by atoms with Crippen LogP contribution < -0.4 is 0 Å². The summed E-state index contributed by atoms with van der Waals surface area (Å²) < 4.78 is 12.8. The smallest absolute Gasteiger partial charge is 0.323 e. The predicted molar refractivity (Wildman–Crippen MR) is 52.1 cm³/mol. The molecule has 82 valence electrons. The molecule has 0 radical (unpaired) electrons. The van der Waals surface area contributed by atoms with Crippen molar-refractivity contribution >= 4 is 5.97 Å². The maximum atomic E-state index is 12.8. The second-order valence-corrected chi connectivity index (χ2v) is 3.25. The molecule has 0 heterocycles. The number of aliphatic carboxylic acids is 1. The monoisotopic (exact) mass is 213 g/mol. The zero-order valence-corrected chi connectivity index (χ0v) is 8.22. The van der Waals surface area contributed by atoms with Crippen LogP contribution in [0, 0.1) is 0 Å². The molecule has 0 saturated heterocycles. The van der Waals surface area contributed by atoms with Gasteiger partial charge in [0.25, 0.3) is 0 Å². The summed E-state index contributed by atoms with van der Waals surface area (Å²) >= 11 is 0. The number of phenolic OH excluding ortho intramolecular Hbond substituents is 1. The van der Waals surface area contributed by atoms with E-state index in [2.05, 4.69) is 0 Å². The third-order valence-corrected chi connectivity index (χ3v) is 2.08. The van der Waals surface area contributed by atoms with Gasteiger partial charge in [0.1, 0.15) is 11.8 Å². The Hall–Kier alpha value is -1.62. The highest BCUT2D eigenvalue weighted by Crippen LogP contribution is 2.13. The minimum atomic E-state index is -1.21. The van der Waals surface area contributed by atoms with E-state index in [0.29, 0.717) is 5.56 Å². The number of carbonyl (C=O) groups is 1. The first kappa shape index (κ1) is 11.5. The van der Waals surface area contributed by atoms with Gasteiger partial charge in [-0.25, -0.2) is 0 Å². The Kier molecular flexibility index (Phi) is 3.62. The van der Waals surface area contributed by atoms with Crippen LogP contribution in [0.4, 0.5) is 4.48 Å². The van der Waals surface area contributed by atoms with Crippen molar-refractivity contribution < 1.29 is 19.5 Å². The molecule has 0 amide bonds. The van der Waals surface area contributed by atoms with Crippen molar-refractivity contribution in [3.05, 3.63) is 29.8 Å². The van der Waals surface area contributed by atoms with Gasteiger partial charge in [-0.2, -0.15) is 0 Å². The third-order valence-electron chi connectivity index (χ3n) is 2.08. The summed E-state index contributed by atoms with van der Waals surface area (Å²) in [6, 6.07) is 4.80. The summed E-state index contributed by atoms with van der Waals surface area (Å²) in [4.78, 5) is 10.7. The van der Waals surface area contributed by atoms with Crippen molar-refractivity contribution in [1.29, 1.82) is 0 Å². The average molecular weight is 213 g/mol. The van der Waals surface area contributed by atoms with Crippen LogP contribution >= 0.6 is 0 Å². The molecule has 1 aromatic rings. The Morgan fingerprint density at radius 1 is 1.47 bits per heavy atom. The zero-order chi connectivity index (χ0) is 11.4. The van der Waals surface area contributed by atoms with Crippen LogP contribution in [0.3, 0.4) is 0 Å². The second-order valence-electron chi connectivity index (χ2n) is 3.25. The quantitative estimate of drug-likeness (QED) is 0.738. The van der Waals surface area contributed by atoms with Gasteiger partial charge in [0.15, 0.2) is 0 Å². The highest BCUT2D eigenvalue weighted by atomic mass is 19.2. The van der Waals surface area contributed by atoms with Gasteiger partial charge in [-0.15, -0.1) is 9.60 Å². The molecule has 0 aliphatic heterocycles. The molecular formula is C10H12FNO3. The van der Waals surface area contributed by atoms with E-state index in [-0.39, 0.29) is 17.3 Å². The first-order valence-corrected chi connectivity index (χ1v) is 4.40. The molecule has 15 heavy (non-hydrogen) atoms. The summed E-state index contributed by atoms with van der Waals surface area (Å²) in [6.07, 6.45) is 0.0581. The van der Waals surface area contributed by atoms with E-state index in [9.17, 15) is 9.28 Å². The van der Waals surface area contributed by atoms with Crippen molar-refractivity contribution in [2.75, 3.05) is 7.05 Å². The van der Waals surface area contributed by atoms with E-state index in [1.54, 1.807) is 12.1 Å². The lowest BCUT2D eigenvalue weighted by Crippen LogP contribution is -2.34. The molecule has 1 unspecified atom stereocenters. The van der Waals surface area contributed by atoms with Crippen LogP contribution in [0.5, 0.6) is 5.75 Å². The molecule has 2 N–H and O–H groups in total. The van der Waals surface area contributed by atoms with E-state index in [4.69, 9.17) is 10.2 Å². The summed E-state index contributed by atoms with van der Waals surface area (Å²) in [5.74, 6) is -1.12. The number of halogens is 1. The number of likely N-dealkylation sites (N-methyl/N-ethyl adjacent to an activating group) is 1. The molecule has 5 heteroatoms. The number of benzene rings is 1. The molecular weight excluding hydrogens is 201 g/mol. The van der Waals surface area contributed by atoms with Crippen molar-refractivity contribution in [3.63, 3.8) is 0 Å². The molecule has 4 nitrogen and oxygen atoms in total. The summed E-state index contributed by atoms with van der Waals surface area (Å²) in [5, 5.41) is 17.9. The summed E-state index contributed by atoms with van der Waals surface area (Å²) in [5.41, 5.74) is 0.657. The van der Waals surface area contributed by atoms with Gasteiger partial charge in [-0.1, -0.05) is 12.1 Å². The molecule has 0 bridgehead atoms. The summed E-state index contributed by atoms with van der Waals surface area (Å²) in [6.45, 7) is 0. The third kappa shape index (κ3) is 3.21. The Morgan fingerprint density at radius 3 is 2.40 bits per heavy atom. The fraction of sp³-hybridized carbons (Fsp3) is 0.300. The molecule has 0 aromatic heterocycles. The summed E-state index contributed by atoms with van der Waals surface area (Å²) in [7, 11) is 1.07. The molecule has 1 aromatic carbocycles. The maximum absolute atomic E-state index is 12.8.